The summed E-state index contributed by atoms with van der Waals surface area (Å²) in [6.07, 6.45) is 1.71. The van der Waals surface area contributed by atoms with Gasteiger partial charge < -0.3 is 10.3 Å². The van der Waals surface area contributed by atoms with Crippen LogP contribution in [-0.4, -0.2) is 27.2 Å². The zero-order valence-corrected chi connectivity index (χ0v) is 13.3. The van der Waals surface area contributed by atoms with E-state index in [-0.39, 0.29) is 11.8 Å². The van der Waals surface area contributed by atoms with Crippen LogP contribution in [0.2, 0.25) is 0 Å². The number of aryl methyl sites for hydroxylation is 2. The molecule has 0 saturated carbocycles. The number of amides is 1. The van der Waals surface area contributed by atoms with Gasteiger partial charge in [0.15, 0.2) is 0 Å². The Balaban J connectivity index is 1.91. The number of carbonyl (C=O) groups excluding carboxylic acids is 1. The lowest BCUT2D eigenvalue weighted by Crippen LogP contribution is -2.30. The van der Waals surface area contributed by atoms with Crippen molar-refractivity contribution in [1.29, 1.82) is 0 Å². The van der Waals surface area contributed by atoms with E-state index >= 15 is 0 Å². The van der Waals surface area contributed by atoms with Gasteiger partial charge in [0.05, 0.1) is 11.3 Å². The molecule has 112 valence electrons. The summed E-state index contributed by atoms with van der Waals surface area (Å²) in [5, 5.41) is 7.35. The maximum atomic E-state index is 12.1. The second-order valence-electron chi connectivity index (χ2n) is 5.34. The third kappa shape index (κ3) is 4.01. The molecule has 0 bridgehead atoms. The van der Waals surface area contributed by atoms with Gasteiger partial charge in [-0.15, -0.1) is 0 Å². The molecular formula is C15H20N4OS. The predicted molar refractivity (Wildman–Crippen MR) is 84.8 cm³/mol. The first kappa shape index (κ1) is 15.4. The first-order valence-corrected chi connectivity index (χ1v) is 7.35. The Morgan fingerprint density at radius 1 is 1.52 bits per heavy atom. The van der Waals surface area contributed by atoms with E-state index in [1.807, 2.05) is 18.5 Å². The molecule has 0 spiro atoms. The fourth-order valence-electron chi connectivity index (χ4n) is 2.18. The van der Waals surface area contributed by atoms with Gasteiger partial charge in [0, 0.05) is 25.0 Å². The summed E-state index contributed by atoms with van der Waals surface area (Å²) < 4.78 is 2.43. The third-order valence-corrected chi connectivity index (χ3v) is 3.60. The maximum absolute atomic E-state index is 12.1. The molecule has 2 N–H and O–H groups in total. The normalized spacial score (nSPS) is 12.1. The number of hydrogen-bond donors (Lipinski definition) is 2. The lowest BCUT2D eigenvalue weighted by atomic mass is 10.1. The molecule has 0 fully saturated rings. The van der Waals surface area contributed by atoms with Gasteiger partial charge in [-0.1, -0.05) is 19.1 Å². The van der Waals surface area contributed by atoms with Gasteiger partial charge in [0.2, 0.25) is 0 Å². The molecule has 1 atom stereocenters. The molecule has 2 heterocycles. The Morgan fingerprint density at radius 3 is 2.90 bits per heavy atom. The van der Waals surface area contributed by atoms with Crippen molar-refractivity contribution in [2.24, 2.45) is 5.92 Å². The summed E-state index contributed by atoms with van der Waals surface area (Å²) in [6.45, 7) is 7.46. The van der Waals surface area contributed by atoms with Gasteiger partial charge in [0.1, 0.15) is 4.64 Å². The van der Waals surface area contributed by atoms with E-state index in [1.54, 1.807) is 18.3 Å². The van der Waals surface area contributed by atoms with E-state index in [0.717, 1.165) is 17.9 Å². The van der Waals surface area contributed by atoms with Crippen LogP contribution in [0.5, 0.6) is 0 Å². The van der Waals surface area contributed by atoms with E-state index in [0.29, 0.717) is 16.7 Å². The molecule has 1 amide bonds. The molecule has 0 aliphatic rings. The van der Waals surface area contributed by atoms with Crippen LogP contribution in [0.4, 0.5) is 0 Å². The first-order chi connectivity index (χ1) is 9.97. The molecule has 2 rings (SSSR count). The van der Waals surface area contributed by atoms with Crippen molar-refractivity contribution in [3.63, 3.8) is 0 Å². The Labute approximate surface area is 129 Å². The average Bonchev–Trinajstić information content (AvgIpc) is 2.74. The van der Waals surface area contributed by atoms with E-state index in [4.69, 9.17) is 12.2 Å². The van der Waals surface area contributed by atoms with Crippen LogP contribution in [0, 0.1) is 24.4 Å². The van der Waals surface area contributed by atoms with Crippen LogP contribution in [0.15, 0.2) is 24.4 Å². The highest BCUT2D eigenvalue weighted by atomic mass is 32.1. The minimum Gasteiger partial charge on any atom is -0.352 e. The quantitative estimate of drug-likeness (QED) is 0.835. The highest BCUT2D eigenvalue weighted by molar-refractivity contribution is 7.71. The Morgan fingerprint density at radius 2 is 2.29 bits per heavy atom. The zero-order chi connectivity index (χ0) is 15.4. The van der Waals surface area contributed by atoms with Gasteiger partial charge in [0.25, 0.3) is 5.91 Å². The summed E-state index contributed by atoms with van der Waals surface area (Å²) in [4.78, 5) is 14.9. The van der Waals surface area contributed by atoms with Gasteiger partial charge >= 0.3 is 0 Å². The van der Waals surface area contributed by atoms with Crippen molar-refractivity contribution in [1.82, 2.24) is 20.1 Å². The predicted octanol–water partition coefficient (Wildman–Crippen LogP) is 2.62. The Kier molecular flexibility index (Phi) is 4.90. The van der Waals surface area contributed by atoms with Gasteiger partial charge in [-0.3, -0.25) is 9.48 Å². The molecule has 0 unspecified atom stereocenters. The summed E-state index contributed by atoms with van der Waals surface area (Å²) >= 11 is 5.10. The SMILES string of the molecule is Cc1cc(C)n(C[C@@H](C)CNC(=O)c2ccc[nH]c2=S)n1. The Hall–Kier alpha value is -1.95. The maximum Gasteiger partial charge on any atom is 0.254 e. The lowest BCUT2D eigenvalue weighted by Gasteiger charge is -2.14. The molecule has 21 heavy (non-hydrogen) atoms. The molecule has 2 aromatic heterocycles. The number of nitrogens with one attached hydrogen (secondary N) is 2. The smallest absolute Gasteiger partial charge is 0.254 e. The number of H-pyrrole nitrogens is 1. The van der Waals surface area contributed by atoms with Crippen LogP contribution in [-0.2, 0) is 6.54 Å². The van der Waals surface area contributed by atoms with E-state index in [2.05, 4.69) is 28.4 Å². The number of nitrogens with zero attached hydrogens (tertiary/aromatic N) is 2. The molecule has 2 aromatic rings. The van der Waals surface area contributed by atoms with Crippen LogP contribution in [0.25, 0.3) is 0 Å². The fraction of sp³-hybridized carbons (Fsp3) is 0.400. The number of pyridine rings is 1. The number of aromatic amines is 1. The summed E-state index contributed by atoms with van der Waals surface area (Å²) in [6, 6.07) is 5.54. The Bertz CT molecular complexity index is 689. The molecule has 0 aromatic carbocycles. The first-order valence-electron chi connectivity index (χ1n) is 6.94. The van der Waals surface area contributed by atoms with Crippen molar-refractivity contribution in [3.05, 3.63) is 46.0 Å². The van der Waals surface area contributed by atoms with Gasteiger partial charge in [-0.25, -0.2) is 0 Å². The zero-order valence-electron chi connectivity index (χ0n) is 12.5. The number of hydrogen-bond acceptors (Lipinski definition) is 3. The highest BCUT2D eigenvalue weighted by Gasteiger charge is 2.11. The van der Waals surface area contributed by atoms with Crippen molar-refractivity contribution >= 4 is 18.1 Å². The van der Waals surface area contributed by atoms with Crippen LogP contribution in [0.3, 0.4) is 0 Å². The minimum atomic E-state index is -0.142. The lowest BCUT2D eigenvalue weighted by molar-refractivity contribution is 0.0945. The minimum absolute atomic E-state index is 0.142. The number of carbonyl (C=O) groups is 1. The molecule has 0 saturated heterocycles. The molecule has 6 heteroatoms. The van der Waals surface area contributed by atoms with Gasteiger partial charge in [-0.05, 0) is 38.0 Å². The fourth-order valence-corrected chi connectivity index (χ4v) is 2.41. The number of aromatic nitrogens is 3. The van der Waals surface area contributed by atoms with Crippen LogP contribution >= 0.6 is 12.2 Å². The van der Waals surface area contributed by atoms with Crippen LogP contribution < -0.4 is 5.32 Å². The van der Waals surface area contributed by atoms with Crippen molar-refractivity contribution in [2.75, 3.05) is 6.54 Å². The van der Waals surface area contributed by atoms with Crippen molar-refractivity contribution in [2.45, 2.75) is 27.3 Å². The van der Waals surface area contributed by atoms with E-state index in [9.17, 15) is 4.79 Å². The summed E-state index contributed by atoms with van der Waals surface area (Å²) in [7, 11) is 0. The van der Waals surface area contributed by atoms with Crippen molar-refractivity contribution < 1.29 is 4.79 Å². The second-order valence-corrected chi connectivity index (χ2v) is 5.75. The molecule has 0 radical (unpaired) electrons. The largest absolute Gasteiger partial charge is 0.352 e. The molecule has 0 aliphatic heterocycles. The van der Waals surface area contributed by atoms with Crippen LogP contribution in [0.1, 0.15) is 28.7 Å². The third-order valence-electron chi connectivity index (χ3n) is 3.26. The topological polar surface area (TPSA) is 62.7 Å². The monoisotopic (exact) mass is 304 g/mol. The number of rotatable bonds is 5. The van der Waals surface area contributed by atoms with E-state index in [1.165, 1.54) is 0 Å². The van der Waals surface area contributed by atoms with Crippen molar-refractivity contribution in [3.8, 4) is 0 Å². The highest BCUT2D eigenvalue weighted by Crippen LogP contribution is 2.06. The average molecular weight is 304 g/mol. The standard InChI is InChI=1S/C15H20N4OS/c1-10(9-19-12(3)7-11(2)18-19)8-17-14(20)13-5-4-6-16-15(13)21/h4-7,10H,8-9H2,1-3H3,(H,16,21)(H,17,20)/t10-/m0/s1. The summed E-state index contributed by atoms with van der Waals surface area (Å²) in [5.41, 5.74) is 2.65. The second kappa shape index (κ2) is 6.67. The molecule has 5 nitrogen and oxygen atoms in total. The summed E-state index contributed by atoms with van der Waals surface area (Å²) in [5.74, 6) is 0.144. The molecule has 0 aliphatic carbocycles. The van der Waals surface area contributed by atoms with Gasteiger partial charge in [-0.2, -0.15) is 5.10 Å². The van der Waals surface area contributed by atoms with E-state index < -0.39 is 0 Å². The molecular weight excluding hydrogens is 284 g/mol.